The minimum atomic E-state index is -0.499. The molecule has 7 nitrogen and oxygen atoms in total. The quantitative estimate of drug-likeness (QED) is 0.260. The molecule has 230 valence electrons. The molecule has 0 aromatic heterocycles. The highest BCUT2D eigenvalue weighted by Gasteiger charge is 2.39. The zero-order valence-electron chi connectivity index (χ0n) is 25.6. The third kappa shape index (κ3) is 8.45. The van der Waals surface area contributed by atoms with E-state index in [1.807, 2.05) is 31.2 Å². The van der Waals surface area contributed by atoms with E-state index in [-0.39, 0.29) is 30.8 Å². The van der Waals surface area contributed by atoms with Gasteiger partial charge in [0.15, 0.2) is 6.29 Å². The molecular formula is C36H47N3O4. The maximum absolute atomic E-state index is 11.9. The van der Waals surface area contributed by atoms with E-state index in [2.05, 4.69) is 71.0 Å². The Bertz CT molecular complexity index is 1310. The van der Waals surface area contributed by atoms with Crippen LogP contribution in [0.5, 0.6) is 0 Å². The lowest BCUT2D eigenvalue weighted by molar-refractivity contribution is -0.276. The highest BCUT2D eigenvalue weighted by Crippen LogP contribution is 2.42. The highest BCUT2D eigenvalue weighted by molar-refractivity contribution is 5.74. The lowest BCUT2D eigenvalue weighted by Gasteiger charge is -2.43. The molecule has 3 aromatic rings. The summed E-state index contributed by atoms with van der Waals surface area (Å²) >= 11 is 0. The van der Waals surface area contributed by atoms with Crippen molar-refractivity contribution in [1.82, 2.24) is 15.5 Å². The number of hydrogen-bond donors (Lipinski definition) is 3. The molecule has 4 atom stereocenters. The lowest BCUT2D eigenvalue weighted by atomic mass is 9.89. The Kier molecular flexibility index (Phi) is 11.2. The summed E-state index contributed by atoms with van der Waals surface area (Å²) in [6.45, 7) is 8.36. The first-order valence-corrected chi connectivity index (χ1v) is 16.0. The third-order valence-corrected chi connectivity index (χ3v) is 8.72. The Morgan fingerprint density at radius 1 is 0.837 bits per heavy atom. The Labute approximate surface area is 256 Å². The second-order valence-electron chi connectivity index (χ2n) is 11.9. The first-order chi connectivity index (χ1) is 21.0. The number of rotatable bonds is 9. The van der Waals surface area contributed by atoms with Crippen LogP contribution in [0.1, 0.15) is 80.6 Å². The highest BCUT2D eigenvalue weighted by atomic mass is 16.7. The molecule has 4 unspecified atom stereocenters. The van der Waals surface area contributed by atoms with Crippen molar-refractivity contribution in [3.63, 3.8) is 0 Å². The average molecular weight is 586 g/mol. The van der Waals surface area contributed by atoms with Crippen LogP contribution >= 0.6 is 0 Å². The summed E-state index contributed by atoms with van der Waals surface area (Å²) in [6.07, 6.45) is 5.83. The van der Waals surface area contributed by atoms with E-state index in [4.69, 9.17) is 9.47 Å². The second-order valence-corrected chi connectivity index (χ2v) is 11.9. The molecule has 43 heavy (non-hydrogen) atoms. The van der Waals surface area contributed by atoms with Crippen LogP contribution in [-0.2, 0) is 22.6 Å². The number of ether oxygens (including phenoxy) is 2. The average Bonchev–Trinajstić information content (AvgIpc) is 3.02. The SMILES string of the molecule is CCNC(=O)NCc1cccc(-c2cccc(C3OC(CN4CCCCCCC4)C(C)C(c4ccc(CO)cc4)O3)c2)c1. The van der Waals surface area contributed by atoms with Gasteiger partial charge in [0.05, 0.1) is 18.8 Å². The lowest BCUT2D eigenvalue weighted by Crippen LogP contribution is -2.45. The number of carbonyl (C=O) groups is 1. The van der Waals surface area contributed by atoms with Gasteiger partial charge in [0.2, 0.25) is 0 Å². The van der Waals surface area contributed by atoms with Crippen LogP contribution in [0.4, 0.5) is 4.79 Å². The molecule has 2 heterocycles. The summed E-state index contributed by atoms with van der Waals surface area (Å²) in [4.78, 5) is 14.5. The minimum absolute atomic E-state index is 0.0213. The van der Waals surface area contributed by atoms with Crippen LogP contribution < -0.4 is 10.6 Å². The van der Waals surface area contributed by atoms with Gasteiger partial charge in [-0.25, -0.2) is 4.79 Å². The molecule has 0 radical (unpaired) electrons. The van der Waals surface area contributed by atoms with Gasteiger partial charge in [0, 0.05) is 31.1 Å². The number of amides is 2. The van der Waals surface area contributed by atoms with Crippen molar-refractivity contribution in [2.75, 3.05) is 26.2 Å². The molecule has 2 aliphatic heterocycles. The van der Waals surface area contributed by atoms with E-state index in [0.29, 0.717) is 13.1 Å². The van der Waals surface area contributed by atoms with Crippen LogP contribution in [0.2, 0.25) is 0 Å². The van der Waals surface area contributed by atoms with Crippen LogP contribution in [0.25, 0.3) is 11.1 Å². The minimum Gasteiger partial charge on any atom is -0.392 e. The zero-order valence-corrected chi connectivity index (χ0v) is 25.6. The predicted molar refractivity (Wildman–Crippen MR) is 170 cm³/mol. The first kappa shape index (κ1) is 31.2. The number of nitrogens with one attached hydrogen (secondary N) is 2. The number of aliphatic hydroxyl groups is 1. The van der Waals surface area contributed by atoms with Crippen LogP contribution in [0, 0.1) is 5.92 Å². The van der Waals surface area contributed by atoms with Crippen LogP contribution in [0.3, 0.4) is 0 Å². The van der Waals surface area contributed by atoms with E-state index in [9.17, 15) is 9.90 Å². The molecule has 0 bridgehead atoms. The largest absolute Gasteiger partial charge is 0.392 e. The van der Waals surface area contributed by atoms with E-state index in [1.54, 1.807) is 0 Å². The maximum Gasteiger partial charge on any atom is 0.315 e. The monoisotopic (exact) mass is 585 g/mol. The van der Waals surface area contributed by atoms with Gasteiger partial charge >= 0.3 is 6.03 Å². The summed E-state index contributed by atoms with van der Waals surface area (Å²) in [5, 5.41) is 15.3. The van der Waals surface area contributed by atoms with E-state index in [0.717, 1.165) is 53.0 Å². The number of hydrogen-bond acceptors (Lipinski definition) is 5. The third-order valence-electron chi connectivity index (χ3n) is 8.72. The van der Waals surface area contributed by atoms with Crippen molar-refractivity contribution >= 4 is 6.03 Å². The molecule has 0 saturated carbocycles. The van der Waals surface area contributed by atoms with Gasteiger partial charge in [0.1, 0.15) is 0 Å². The predicted octanol–water partition coefficient (Wildman–Crippen LogP) is 6.72. The van der Waals surface area contributed by atoms with Gasteiger partial charge < -0.3 is 30.1 Å². The molecule has 7 heteroatoms. The van der Waals surface area contributed by atoms with Crippen LogP contribution in [-0.4, -0.2) is 48.3 Å². The van der Waals surface area contributed by atoms with Gasteiger partial charge in [-0.15, -0.1) is 0 Å². The second kappa shape index (κ2) is 15.5. The van der Waals surface area contributed by atoms with Crippen molar-refractivity contribution in [3.8, 4) is 11.1 Å². The Morgan fingerprint density at radius 3 is 2.26 bits per heavy atom. The number of likely N-dealkylation sites (tertiary alicyclic amines) is 1. The van der Waals surface area contributed by atoms with Crippen molar-refractivity contribution in [1.29, 1.82) is 0 Å². The fraction of sp³-hybridized carbons (Fsp3) is 0.472. The van der Waals surface area contributed by atoms with Gasteiger partial charge in [0.25, 0.3) is 0 Å². The van der Waals surface area contributed by atoms with Crippen molar-refractivity contribution in [2.24, 2.45) is 5.92 Å². The molecule has 2 amide bonds. The fourth-order valence-corrected chi connectivity index (χ4v) is 6.21. The Morgan fingerprint density at radius 2 is 1.53 bits per heavy atom. The molecular weight excluding hydrogens is 538 g/mol. The molecule has 5 rings (SSSR count). The van der Waals surface area contributed by atoms with E-state index in [1.165, 1.54) is 32.1 Å². The maximum atomic E-state index is 11.9. The molecule has 3 N–H and O–H groups in total. The number of nitrogens with zero attached hydrogens (tertiary/aromatic N) is 1. The number of carbonyl (C=O) groups excluding carboxylic acids is 1. The zero-order chi connectivity index (χ0) is 30.0. The van der Waals surface area contributed by atoms with Gasteiger partial charge in [-0.3, -0.25) is 0 Å². The summed E-state index contributed by atoms with van der Waals surface area (Å²) in [5.74, 6) is 0.166. The topological polar surface area (TPSA) is 83.1 Å². The number of aliphatic hydroxyl groups excluding tert-OH is 1. The normalized spacial score (nSPS) is 23.2. The molecule has 0 aliphatic carbocycles. The number of benzene rings is 3. The van der Waals surface area contributed by atoms with Crippen LogP contribution in [0.15, 0.2) is 72.8 Å². The summed E-state index contributed by atoms with van der Waals surface area (Å²) in [7, 11) is 0. The molecule has 0 spiro atoms. The molecule has 2 saturated heterocycles. The summed E-state index contributed by atoms with van der Waals surface area (Å²) < 4.78 is 13.6. The van der Waals surface area contributed by atoms with E-state index >= 15 is 0 Å². The smallest absolute Gasteiger partial charge is 0.315 e. The van der Waals surface area contributed by atoms with Gasteiger partial charge in [-0.1, -0.05) is 86.8 Å². The van der Waals surface area contributed by atoms with Crippen molar-refractivity contribution in [2.45, 2.75) is 77.6 Å². The molecule has 2 fully saturated rings. The fourth-order valence-electron chi connectivity index (χ4n) is 6.21. The molecule has 3 aromatic carbocycles. The van der Waals surface area contributed by atoms with Gasteiger partial charge in [-0.2, -0.15) is 0 Å². The summed E-state index contributed by atoms with van der Waals surface area (Å²) in [6, 6.07) is 24.6. The van der Waals surface area contributed by atoms with Gasteiger partial charge in [-0.05, 0) is 72.8 Å². The van der Waals surface area contributed by atoms with E-state index < -0.39 is 6.29 Å². The standard InChI is InChI=1S/C36H47N3O4/c1-3-37-36(41)38-23-28-11-9-12-30(21-28)31-13-10-14-32(22-31)35-42-33(24-39-19-7-5-4-6-8-20-39)26(2)34(43-35)29-17-15-27(25-40)16-18-29/h9-18,21-22,26,33-35,40H,3-8,19-20,23-25H2,1-2H3,(H2,37,38,41). The summed E-state index contributed by atoms with van der Waals surface area (Å²) in [5.41, 5.74) is 6.19. The Hall–Kier alpha value is -3.23. The Balaban J connectivity index is 1.38. The number of urea groups is 1. The molecule has 2 aliphatic rings. The first-order valence-electron chi connectivity index (χ1n) is 16.0. The van der Waals surface area contributed by atoms with Crippen molar-refractivity contribution < 1.29 is 19.4 Å². The van der Waals surface area contributed by atoms with Crippen molar-refractivity contribution in [3.05, 3.63) is 95.1 Å².